The number of nitrogens with zero attached hydrogens (tertiary/aromatic N) is 1. The number of amides is 1. The number of hydrogen-bond donors (Lipinski definition) is 2. The number of carbonyl (C=O) groups excluding carboxylic acids is 1. The van der Waals surface area contributed by atoms with Crippen LogP contribution in [0.2, 0.25) is 0 Å². The third-order valence-corrected chi connectivity index (χ3v) is 5.25. The van der Waals surface area contributed by atoms with Gasteiger partial charge in [-0.3, -0.25) is 4.79 Å². The second kappa shape index (κ2) is 6.78. The fourth-order valence-corrected chi connectivity index (χ4v) is 3.94. The average Bonchev–Trinajstić information content (AvgIpc) is 3.13. The first-order valence-electron chi connectivity index (χ1n) is 8.17. The zero-order chi connectivity index (χ0) is 16.4. The Balaban J connectivity index is 1.45. The number of piperidine rings is 1. The van der Waals surface area contributed by atoms with Crippen molar-refractivity contribution in [3.05, 3.63) is 34.3 Å². The van der Waals surface area contributed by atoms with Crippen LogP contribution < -0.4 is 20.1 Å². The van der Waals surface area contributed by atoms with Crippen LogP contribution in [-0.4, -0.2) is 37.2 Å². The van der Waals surface area contributed by atoms with Gasteiger partial charge in [0.2, 0.25) is 0 Å². The molecule has 6 nitrogen and oxygen atoms in total. The standard InChI is InChI=1S/C17H19N3O3S/c21-16(13-10-24-17(20-13)11-3-5-18-6-4-11)19-12-1-2-14-15(9-12)23-8-7-22-14/h1-2,9-11,18H,3-8H2,(H,19,21). The van der Waals surface area contributed by atoms with Crippen LogP contribution in [0.1, 0.15) is 34.3 Å². The lowest BCUT2D eigenvalue weighted by Crippen LogP contribution is -2.26. The number of benzene rings is 1. The van der Waals surface area contributed by atoms with Crippen molar-refractivity contribution < 1.29 is 14.3 Å². The SMILES string of the molecule is O=C(Nc1ccc2c(c1)OCCO2)c1csc(C2CCNCC2)n1. The van der Waals surface area contributed by atoms with E-state index in [1.165, 1.54) is 0 Å². The molecule has 2 aliphatic heterocycles. The molecule has 2 aromatic rings. The molecule has 3 heterocycles. The van der Waals surface area contributed by atoms with Gasteiger partial charge >= 0.3 is 0 Å². The molecule has 0 radical (unpaired) electrons. The van der Waals surface area contributed by atoms with Crippen LogP contribution in [0.25, 0.3) is 0 Å². The summed E-state index contributed by atoms with van der Waals surface area (Å²) < 4.78 is 11.0. The van der Waals surface area contributed by atoms with Crippen LogP contribution >= 0.6 is 11.3 Å². The highest BCUT2D eigenvalue weighted by Gasteiger charge is 2.20. The molecule has 2 N–H and O–H groups in total. The van der Waals surface area contributed by atoms with E-state index in [-0.39, 0.29) is 5.91 Å². The van der Waals surface area contributed by atoms with Gasteiger partial charge in [0.15, 0.2) is 11.5 Å². The van der Waals surface area contributed by atoms with Gasteiger partial charge in [0.05, 0.1) is 5.01 Å². The van der Waals surface area contributed by atoms with Gasteiger partial charge in [-0.05, 0) is 38.1 Å². The number of thiazole rings is 1. The molecule has 1 fully saturated rings. The van der Waals surface area contributed by atoms with Gasteiger partial charge in [-0.1, -0.05) is 0 Å². The number of aromatic nitrogens is 1. The van der Waals surface area contributed by atoms with Crippen molar-refractivity contribution in [2.75, 3.05) is 31.6 Å². The zero-order valence-electron chi connectivity index (χ0n) is 13.2. The fraction of sp³-hybridized carbons (Fsp3) is 0.412. The maximum Gasteiger partial charge on any atom is 0.275 e. The molecule has 126 valence electrons. The minimum absolute atomic E-state index is 0.192. The Bertz CT molecular complexity index is 740. The number of nitrogens with one attached hydrogen (secondary N) is 2. The zero-order valence-corrected chi connectivity index (χ0v) is 14.0. The molecule has 0 unspecified atom stereocenters. The molecule has 1 amide bonds. The average molecular weight is 345 g/mol. The first-order valence-corrected chi connectivity index (χ1v) is 9.05. The molecule has 1 aromatic carbocycles. The highest BCUT2D eigenvalue weighted by molar-refractivity contribution is 7.09. The second-order valence-corrected chi connectivity index (χ2v) is 6.80. The summed E-state index contributed by atoms with van der Waals surface area (Å²) in [4.78, 5) is 17.0. The van der Waals surface area contributed by atoms with Gasteiger partial charge in [-0.25, -0.2) is 4.98 Å². The Labute approximate surface area is 144 Å². The van der Waals surface area contributed by atoms with Crippen LogP contribution in [0.3, 0.4) is 0 Å². The number of anilines is 1. The monoisotopic (exact) mass is 345 g/mol. The fourth-order valence-electron chi connectivity index (χ4n) is 2.96. The van der Waals surface area contributed by atoms with Crippen LogP contribution in [0.5, 0.6) is 11.5 Å². The van der Waals surface area contributed by atoms with E-state index >= 15 is 0 Å². The highest BCUT2D eigenvalue weighted by Crippen LogP contribution is 2.33. The van der Waals surface area contributed by atoms with E-state index in [0.29, 0.717) is 42.0 Å². The normalized spacial score (nSPS) is 17.5. The second-order valence-electron chi connectivity index (χ2n) is 5.91. The van der Waals surface area contributed by atoms with Gasteiger partial charge in [0.1, 0.15) is 18.9 Å². The molecule has 1 aromatic heterocycles. The summed E-state index contributed by atoms with van der Waals surface area (Å²) in [5.41, 5.74) is 1.16. The molecule has 2 aliphatic rings. The molecule has 0 saturated carbocycles. The molecule has 1 saturated heterocycles. The van der Waals surface area contributed by atoms with E-state index in [2.05, 4.69) is 15.6 Å². The number of ether oxygens (including phenoxy) is 2. The Morgan fingerprint density at radius 3 is 2.83 bits per heavy atom. The Morgan fingerprint density at radius 2 is 2.00 bits per heavy atom. The molecule has 0 atom stereocenters. The van der Waals surface area contributed by atoms with Gasteiger partial charge < -0.3 is 20.1 Å². The molecule has 0 spiro atoms. The molecular formula is C17H19N3O3S. The molecular weight excluding hydrogens is 326 g/mol. The molecule has 0 aliphatic carbocycles. The predicted octanol–water partition coefficient (Wildman–Crippen LogP) is 2.63. The lowest BCUT2D eigenvalue weighted by Gasteiger charge is -2.20. The number of carbonyl (C=O) groups is 1. The van der Waals surface area contributed by atoms with E-state index in [9.17, 15) is 4.79 Å². The maximum atomic E-state index is 12.4. The van der Waals surface area contributed by atoms with Crippen molar-refractivity contribution in [3.63, 3.8) is 0 Å². The summed E-state index contributed by atoms with van der Waals surface area (Å²) in [7, 11) is 0. The number of hydrogen-bond acceptors (Lipinski definition) is 6. The Kier molecular flexibility index (Phi) is 4.36. The number of rotatable bonds is 3. The Morgan fingerprint density at radius 1 is 1.21 bits per heavy atom. The van der Waals surface area contributed by atoms with Crippen LogP contribution in [0.4, 0.5) is 5.69 Å². The number of fused-ring (bicyclic) bond motifs is 1. The van der Waals surface area contributed by atoms with Crippen molar-refractivity contribution in [1.82, 2.24) is 10.3 Å². The topological polar surface area (TPSA) is 72.5 Å². The quantitative estimate of drug-likeness (QED) is 0.895. The third-order valence-electron chi connectivity index (χ3n) is 4.24. The van der Waals surface area contributed by atoms with Gasteiger partial charge in [0.25, 0.3) is 5.91 Å². The van der Waals surface area contributed by atoms with Crippen LogP contribution in [0.15, 0.2) is 23.6 Å². The van der Waals surface area contributed by atoms with Crippen molar-refractivity contribution in [3.8, 4) is 11.5 Å². The van der Waals surface area contributed by atoms with E-state index in [0.717, 1.165) is 30.9 Å². The first kappa shape index (κ1) is 15.4. The summed E-state index contributed by atoms with van der Waals surface area (Å²) in [5.74, 6) is 1.64. The summed E-state index contributed by atoms with van der Waals surface area (Å²) in [6.45, 7) is 3.11. The van der Waals surface area contributed by atoms with Crippen LogP contribution in [-0.2, 0) is 0 Å². The molecule has 4 rings (SSSR count). The summed E-state index contributed by atoms with van der Waals surface area (Å²) in [6.07, 6.45) is 2.16. The Hall–Kier alpha value is -2.12. The minimum Gasteiger partial charge on any atom is -0.486 e. The third kappa shape index (κ3) is 3.22. The van der Waals surface area contributed by atoms with Gasteiger partial charge in [-0.15, -0.1) is 11.3 Å². The van der Waals surface area contributed by atoms with E-state index in [1.807, 2.05) is 17.5 Å². The molecule has 24 heavy (non-hydrogen) atoms. The van der Waals surface area contributed by atoms with Gasteiger partial charge in [0, 0.05) is 23.1 Å². The van der Waals surface area contributed by atoms with Crippen molar-refractivity contribution in [2.24, 2.45) is 0 Å². The van der Waals surface area contributed by atoms with Crippen molar-refractivity contribution >= 4 is 22.9 Å². The largest absolute Gasteiger partial charge is 0.486 e. The first-order chi connectivity index (χ1) is 11.8. The summed E-state index contributed by atoms with van der Waals surface area (Å²) in [6, 6.07) is 5.41. The summed E-state index contributed by atoms with van der Waals surface area (Å²) in [5, 5.41) is 9.13. The smallest absolute Gasteiger partial charge is 0.275 e. The van der Waals surface area contributed by atoms with Crippen molar-refractivity contribution in [1.29, 1.82) is 0 Å². The summed E-state index contributed by atoms with van der Waals surface area (Å²) >= 11 is 1.57. The lowest BCUT2D eigenvalue weighted by molar-refractivity contribution is 0.102. The molecule has 7 heteroatoms. The lowest BCUT2D eigenvalue weighted by atomic mass is 9.99. The molecule has 0 bridgehead atoms. The highest BCUT2D eigenvalue weighted by atomic mass is 32.1. The van der Waals surface area contributed by atoms with E-state index in [1.54, 1.807) is 17.4 Å². The van der Waals surface area contributed by atoms with Crippen LogP contribution in [0, 0.1) is 0 Å². The minimum atomic E-state index is -0.192. The van der Waals surface area contributed by atoms with Gasteiger partial charge in [-0.2, -0.15) is 0 Å². The van der Waals surface area contributed by atoms with Crippen molar-refractivity contribution in [2.45, 2.75) is 18.8 Å². The predicted molar refractivity (Wildman–Crippen MR) is 92.3 cm³/mol. The van der Waals surface area contributed by atoms with E-state index in [4.69, 9.17) is 9.47 Å². The maximum absolute atomic E-state index is 12.4. The van der Waals surface area contributed by atoms with E-state index < -0.39 is 0 Å².